The highest BCUT2D eigenvalue weighted by molar-refractivity contribution is 5.90. The van der Waals surface area contributed by atoms with E-state index in [9.17, 15) is 9.59 Å². The fourth-order valence-electron chi connectivity index (χ4n) is 3.46. The van der Waals surface area contributed by atoms with Gasteiger partial charge in [-0.15, -0.1) is 0 Å². The van der Waals surface area contributed by atoms with Gasteiger partial charge in [-0.2, -0.15) is 5.26 Å². The van der Waals surface area contributed by atoms with Crippen LogP contribution < -0.4 is 10.6 Å². The van der Waals surface area contributed by atoms with Crippen LogP contribution in [-0.2, 0) is 16.1 Å². The molecule has 2 amide bonds. The molecule has 1 fully saturated rings. The van der Waals surface area contributed by atoms with Crippen LogP contribution >= 0.6 is 0 Å². The SMILES string of the molecule is N#Cc1ccc(NC(=O)CCN2CCC(C(=O)NCc3ccccc3)CC2)cc1. The lowest BCUT2D eigenvalue weighted by Crippen LogP contribution is -2.41. The predicted octanol–water partition coefficient (Wildman–Crippen LogP) is 2.92. The van der Waals surface area contributed by atoms with E-state index in [0.29, 0.717) is 30.8 Å². The molecular weight excluding hydrogens is 364 g/mol. The Morgan fingerprint density at radius 1 is 1.03 bits per heavy atom. The Hall–Kier alpha value is -3.17. The van der Waals surface area contributed by atoms with Crippen LogP contribution in [0.4, 0.5) is 5.69 Å². The van der Waals surface area contributed by atoms with E-state index in [-0.39, 0.29) is 17.7 Å². The molecule has 2 aromatic rings. The van der Waals surface area contributed by atoms with Crippen molar-refractivity contribution in [2.45, 2.75) is 25.8 Å². The molecule has 0 spiro atoms. The van der Waals surface area contributed by atoms with Crippen LogP contribution in [-0.4, -0.2) is 36.3 Å². The van der Waals surface area contributed by atoms with E-state index in [2.05, 4.69) is 21.6 Å². The molecule has 1 saturated heterocycles. The summed E-state index contributed by atoms with van der Waals surface area (Å²) in [5.74, 6) is 0.118. The van der Waals surface area contributed by atoms with Crippen LogP contribution in [0, 0.1) is 17.2 Å². The highest BCUT2D eigenvalue weighted by Gasteiger charge is 2.24. The van der Waals surface area contributed by atoms with Crippen LogP contribution in [0.2, 0.25) is 0 Å². The van der Waals surface area contributed by atoms with Crippen LogP contribution in [0.5, 0.6) is 0 Å². The molecule has 1 heterocycles. The Morgan fingerprint density at radius 3 is 2.38 bits per heavy atom. The molecule has 6 heteroatoms. The van der Waals surface area contributed by atoms with Gasteiger partial charge in [-0.05, 0) is 55.8 Å². The lowest BCUT2D eigenvalue weighted by molar-refractivity contribution is -0.126. The molecule has 6 nitrogen and oxygen atoms in total. The van der Waals surface area contributed by atoms with Gasteiger partial charge in [0.2, 0.25) is 11.8 Å². The maximum Gasteiger partial charge on any atom is 0.225 e. The van der Waals surface area contributed by atoms with Gasteiger partial charge in [-0.3, -0.25) is 9.59 Å². The molecule has 0 saturated carbocycles. The van der Waals surface area contributed by atoms with Crippen molar-refractivity contribution in [3.05, 3.63) is 65.7 Å². The zero-order valence-corrected chi connectivity index (χ0v) is 16.4. The Bertz CT molecular complexity index is 851. The third-order valence-electron chi connectivity index (χ3n) is 5.22. The highest BCUT2D eigenvalue weighted by atomic mass is 16.2. The number of carbonyl (C=O) groups excluding carboxylic acids is 2. The van der Waals surface area contributed by atoms with Gasteiger partial charge in [0.1, 0.15) is 0 Å². The van der Waals surface area contributed by atoms with Crippen LogP contribution in [0.1, 0.15) is 30.4 Å². The van der Waals surface area contributed by atoms with Crippen LogP contribution in [0.3, 0.4) is 0 Å². The molecule has 150 valence electrons. The van der Waals surface area contributed by atoms with E-state index in [1.807, 2.05) is 30.3 Å². The summed E-state index contributed by atoms with van der Waals surface area (Å²) >= 11 is 0. The van der Waals surface area contributed by atoms with Crippen molar-refractivity contribution in [2.75, 3.05) is 25.0 Å². The second-order valence-electron chi connectivity index (χ2n) is 7.31. The van der Waals surface area contributed by atoms with Crippen molar-refractivity contribution in [1.29, 1.82) is 5.26 Å². The van der Waals surface area contributed by atoms with Crippen LogP contribution in [0.25, 0.3) is 0 Å². The van der Waals surface area contributed by atoms with Crippen LogP contribution in [0.15, 0.2) is 54.6 Å². The molecule has 0 bridgehead atoms. The van der Waals surface area contributed by atoms with Gasteiger partial charge >= 0.3 is 0 Å². The number of hydrogen-bond acceptors (Lipinski definition) is 4. The van der Waals surface area contributed by atoms with E-state index in [4.69, 9.17) is 5.26 Å². The Morgan fingerprint density at radius 2 is 1.72 bits per heavy atom. The van der Waals surface area contributed by atoms with Crippen molar-refractivity contribution in [3.63, 3.8) is 0 Å². The molecule has 1 aliphatic heterocycles. The number of nitriles is 1. The van der Waals surface area contributed by atoms with Crippen molar-refractivity contribution in [2.24, 2.45) is 5.92 Å². The maximum atomic E-state index is 12.4. The highest BCUT2D eigenvalue weighted by Crippen LogP contribution is 2.18. The quantitative estimate of drug-likeness (QED) is 0.761. The van der Waals surface area contributed by atoms with Gasteiger partial charge < -0.3 is 15.5 Å². The smallest absolute Gasteiger partial charge is 0.225 e. The third-order valence-corrected chi connectivity index (χ3v) is 5.22. The second kappa shape index (κ2) is 10.4. The summed E-state index contributed by atoms with van der Waals surface area (Å²) in [4.78, 5) is 26.7. The number of nitrogens with zero attached hydrogens (tertiary/aromatic N) is 2. The van der Waals surface area contributed by atoms with Gasteiger partial charge in [0.25, 0.3) is 0 Å². The molecule has 0 aliphatic carbocycles. The van der Waals surface area contributed by atoms with Gasteiger partial charge in [-0.25, -0.2) is 0 Å². The normalized spacial score (nSPS) is 14.7. The predicted molar refractivity (Wildman–Crippen MR) is 112 cm³/mol. The summed E-state index contributed by atoms with van der Waals surface area (Å²) in [6.07, 6.45) is 2.04. The van der Waals surface area contributed by atoms with Gasteiger partial charge in [0.05, 0.1) is 11.6 Å². The number of piperidine rings is 1. The number of nitrogens with one attached hydrogen (secondary N) is 2. The number of amides is 2. The van der Waals surface area contributed by atoms with E-state index < -0.39 is 0 Å². The first-order valence-corrected chi connectivity index (χ1v) is 9.98. The molecule has 2 N–H and O–H groups in total. The number of rotatable bonds is 7. The summed E-state index contributed by atoms with van der Waals surface area (Å²) in [5.41, 5.74) is 2.37. The largest absolute Gasteiger partial charge is 0.352 e. The van der Waals surface area contributed by atoms with Gasteiger partial charge in [0.15, 0.2) is 0 Å². The molecule has 2 aromatic carbocycles. The fraction of sp³-hybridized carbons (Fsp3) is 0.348. The molecule has 3 rings (SSSR count). The number of anilines is 1. The monoisotopic (exact) mass is 390 g/mol. The summed E-state index contributed by atoms with van der Waals surface area (Å²) < 4.78 is 0. The zero-order chi connectivity index (χ0) is 20.5. The molecular formula is C23H26N4O2. The first kappa shape index (κ1) is 20.6. The summed E-state index contributed by atoms with van der Waals surface area (Å²) in [7, 11) is 0. The van der Waals surface area contributed by atoms with Gasteiger partial charge in [0, 0.05) is 31.1 Å². The van der Waals surface area contributed by atoms with E-state index in [0.717, 1.165) is 31.5 Å². The minimum absolute atomic E-state index is 0.0439. The number of likely N-dealkylation sites (tertiary alicyclic amines) is 1. The number of benzene rings is 2. The summed E-state index contributed by atoms with van der Waals surface area (Å²) in [6.45, 7) is 2.90. The standard InChI is InChI=1S/C23H26N4O2/c24-16-18-6-8-21(9-7-18)26-22(28)12-15-27-13-10-20(11-14-27)23(29)25-17-19-4-2-1-3-5-19/h1-9,20H,10-15,17H2,(H,25,29)(H,26,28). The third kappa shape index (κ3) is 6.44. The minimum atomic E-state index is -0.0440. The van der Waals surface area contributed by atoms with E-state index in [1.165, 1.54) is 0 Å². The Balaban J connectivity index is 1.34. The molecule has 0 unspecified atom stereocenters. The summed E-state index contributed by atoms with van der Waals surface area (Å²) in [6, 6.07) is 18.8. The average Bonchev–Trinajstić information content (AvgIpc) is 2.77. The number of hydrogen-bond donors (Lipinski definition) is 2. The maximum absolute atomic E-state index is 12.4. The minimum Gasteiger partial charge on any atom is -0.352 e. The lowest BCUT2D eigenvalue weighted by Gasteiger charge is -2.31. The van der Waals surface area contributed by atoms with E-state index >= 15 is 0 Å². The fourth-order valence-corrected chi connectivity index (χ4v) is 3.46. The molecule has 29 heavy (non-hydrogen) atoms. The first-order valence-electron chi connectivity index (χ1n) is 9.98. The topological polar surface area (TPSA) is 85.2 Å². The van der Waals surface area contributed by atoms with Crippen molar-refractivity contribution in [3.8, 4) is 6.07 Å². The zero-order valence-electron chi connectivity index (χ0n) is 16.4. The molecule has 0 atom stereocenters. The van der Waals surface area contributed by atoms with E-state index in [1.54, 1.807) is 24.3 Å². The lowest BCUT2D eigenvalue weighted by atomic mass is 9.95. The second-order valence-corrected chi connectivity index (χ2v) is 7.31. The van der Waals surface area contributed by atoms with Gasteiger partial charge in [-0.1, -0.05) is 30.3 Å². The Kier molecular flexibility index (Phi) is 7.37. The molecule has 0 aromatic heterocycles. The molecule has 1 aliphatic rings. The first-order chi connectivity index (χ1) is 14.1. The Labute approximate surface area is 171 Å². The van der Waals surface area contributed by atoms with Crippen molar-refractivity contribution < 1.29 is 9.59 Å². The molecule has 0 radical (unpaired) electrons. The van der Waals surface area contributed by atoms with Crippen molar-refractivity contribution >= 4 is 17.5 Å². The van der Waals surface area contributed by atoms with Crippen molar-refractivity contribution in [1.82, 2.24) is 10.2 Å². The number of carbonyl (C=O) groups is 2. The average molecular weight is 390 g/mol. The summed E-state index contributed by atoms with van der Waals surface area (Å²) in [5, 5.41) is 14.7.